The van der Waals surface area contributed by atoms with Crippen LogP contribution in [-0.4, -0.2) is 46.9 Å². The van der Waals surface area contributed by atoms with Crippen molar-refractivity contribution in [3.8, 4) is 0 Å². The van der Waals surface area contributed by atoms with Gasteiger partial charge in [-0.05, 0) is 77.0 Å². The van der Waals surface area contributed by atoms with E-state index in [1.165, 1.54) is 64.2 Å². The maximum atomic E-state index is 13.2. The molecular formula is C57H97NO5. The van der Waals surface area contributed by atoms with Crippen LogP contribution in [0.2, 0.25) is 0 Å². The molecule has 0 aromatic heterocycles. The van der Waals surface area contributed by atoms with Gasteiger partial charge in [0.15, 0.2) is 0 Å². The van der Waals surface area contributed by atoms with Crippen LogP contribution in [0.4, 0.5) is 0 Å². The zero-order valence-electron chi connectivity index (χ0n) is 40.9. The van der Waals surface area contributed by atoms with E-state index >= 15 is 0 Å². The Balaban J connectivity index is 4.69. The molecule has 0 bridgehead atoms. The Morgan fingerprint density at radius 1 is 0.492 bits per heavy atom. The Morgan fingerprint density at radius 2 is 0.952 bits per heavy atom. The summed E-state index contributed by atoms with van der Waals surface area (Å²) in [6.07, 6.45) is 66.0. The van der Waals surface area contributed by atoms with Crippen molar-refractivity contribution in [3.63, 3.8) is 0 Å². The fourth-order valence-corrected chi connectivity index (χ4v) is 7.36. The van der Waals surface area contributed by atoms with E-state index in [1.54, 1.807) is 0 Å². The first kappa shape index (κ1) is 59.8. The van der Waals surface area contributed by atoms with Crippen molar-refractivity contribution in [1.82, 2.24) is 5.32 Å². The Labute approximate surface area is 388 Å². The average molecular weight is 876 g/mol. The number of amides is 1. The predicted octanol–water partition coefficient (Wildman–Crippen LogP) is 15.7. The predicted molar refractivity (Wildman–Crippen MR) is 273 cm³/mol. The molecule has 0 aliphatic carbocycles. The number of ether oxygens (including phenoxy) is 1. The number of aliphatic hydroxyl groups is 2. The first-order chi connectivity index (χ1) is 31.0. The SMILES string of the molecule is CC/C=C/C/C=C/C/C=C/CCCCCCC(CC(=O)NC(CO)C(O)CCCCCCCCCCCCCC)OC(=O)CCCCCCC/C=C/C=C/C=C/C=C/C=C/CCC. The molecule has 0 heterocycles. The molecular weight excluding hydrogens is 779 g/mol. The number of aliphatic hydroxyl groups excluding tert-OH is 2. The molecule has 1 amide bonds. The molecule has 0 radical (unpaired) electrons. The quantitative estimate of drug-likeness (QED) is 0.0245. The van der Waals surface area contributed by atoms with Crippen molar-refractivity contribution in [1.29, 1.82) is 0 Å². The number of rotatable bonds is 45. The lowest BCUT2D eigenvalue weighted by Gasteiger charge is -2.24. The van der Waals surface area contributed by atoms with E-state index in [-0.39, 0.29) is 24.9 Å². The maximum Gasteiger partial charge on any atom is 0.306 e. The van der Waals surface area contributed by atoms with E-state index in [4.69, 9.17) is 4.74 Å². The number of nitrogens with one attached hydrogen (secondary N) is 1. The van der Waals surface area contributed by atoms with Gasteiger partial charge in [-0.2, -0.15) is 0 Å². The highest BCUT2D eigenvalue weighted by molar-refractivity contribution is 5.77. The Kier molecular flexibility index (Phi) is 47.2. The molecule has 0 fully saturated rings. The molecule has 6 heteroatoms. The molecule has 0 aliphatic heterocycles. The lowest BCUT2D eigenvalue weighted by molar-refractivity contribution is -0.151. The fourth-order valence-electron chi connectivity index (χ4n) is 7.36. The van der Waals surface area contributed by atoms with Gasteiger partial charge in [-0.1, -0.05) is 234 Å². The molecule has 3 unspecified atom stereocenters. The van der Waals surface area contributed by atoms with Gasteiger partial charge >= 0.3 is 5.97 Å². The summed E-state index contributed by atoms with van der Waals surface area (Å²) in [5.74, 6) is -0.531. The first-order valence-electron chi connectivity index (χ1n) is 26.0. The third kappa shape index (κ3) is 45.2. The molecule has 0 saturated heterocycles. The molecule has 0 aromatic rings. The molecule has 3 atom stereocenters. The van der Waals surface area contributed by atoms with Crippen LogP contribution in [0.3, 0.4) is 0 Å². The van der Waals surface area contributed by atoms with Crippen LogP contribution in [0, 0.1) is 0 Å². The number of esters is 1. The zero-order valence-corrected chi connectivity index (χ0v) is 40.9. The van der Waals surface area contributed by atoms with E-state index in [1.807, 2.05) is 24.3 Å². The second-order valence-electron chi connectivity index (χ2n) is 17.3. The lowest BCUT2D eigenvalue weighted by atomic mass is 10.0. The van der Waals surface area contributed by atoms with E-state index < -0.39 is 18.2 Å². The van der Waals surface area contributed by atoms with Crippen LogP contribution in [-0.2, 0) is 14.3 Å². The van der Waals surface area contributed by atoms with Gasteiger partial charge in [-0.15, -0.1) is 0 Å². The van der Waals surface area contributed by atoms with Crippen molar-refractivity contribution >= 4 is 11.9 Å². The summed E-state index contributed by atoms with van der Waals surface area (Å²) in [6.45, 7) is 6.26. The van der Waals surface area contributed by atoms with Crippen molar-refractivity contribution in [2.45, 2.75) is 244 Å². The highest BCUT2D eigenvalue weighted by Crippen LogP contribution is 2.17. The molecule has 0 saturated carbocycles. The summed E-state index contributed by atoms with van der Waals surface area (Å²) < 4.78 is 5.92. The van der Waals surface area contributed by atoms with Crippen LogP contribution >= 0.6 is 0 Å². The zero-order chi connectivity index (χ0) is 45.9. The minimum atomic E-state index is -0.804. The smallest absolute Gasteiger partial charge is 0.306 e. The number of carbonyl (C=O) groups excluding carboxylic acids is 2. The molecule has 0 aromatic carbocycles. The minimum Gasteiger partial charge on any atom is -0.462 e. The summed E-state index contributed by atoms with van der Waals surface area (Å²) in [7, 11) is 0. The largest absolute Gasteiger partial charge is 0.462 e. The normalized spacial score (nSPS) is 14.0. The summed E-state index contributed by atoms with van der Waals surface area (Å²) in [5.41, 5.74) is 0. The second-order valence-corrected chi connectivity index (χ2v) is 17.3. The molecule has 360 valence electrons. The molecule has 63 heavy (non-hydrogen) atoms. The van der Waals surface area contributed by atoms with Crippen molar-refractivity contribution < 1.29 is 24.5 Å². The number of unbranched alkanes of at least 4 members (excludes halogenated alkanes) is 21. The van der Waals surface area contributed by atoms with Crippen LogP contribution in [0.5, 0.6) is 0 Å². The Hall–Kier alpha value is -3.22. The van der Waals surface area contributed by atoms with Crippen LogP contribution in [0.15, 0.2) is 97.2 Å². The standard InChI is InChI=1S/C57H97NO5/c1-4-7-10-13-16-19-22-25-27-28-29-30-32-35-38-41-44-47-50-57(62)63-53(48-45-42-39-36-33-31-26-23-20-17-14-11-8-5-2)51-56(61)58-54(52-59)55(60)49-46-43-40-37-34-24-21-18-15-12-9-6-3/h8,10-11,13,16-17,19-20,22,25-31,53-55,59-60H,4-7,9,12,14-15,18,21,23-24,32-52H2,1-3H3,(H,58,61)/b11-8+,13-10+,19-16+,20-17+,25-22+,28-27+,30-29+,31-26+. The summed E-state index contributed by atoms with van der Waals surface area (Å²) in [4.78, 5) is 26.2. The van der Waals surface area contributed by atoms with E-state index in [0.717, 1.165) is 116 Å². The summed E-state index contributed by atoms with van der Waals surface area (Å²) >= 11 is 0. The van der Waals surface area contributed by atoms with E-state index in [9.17, 15) is 19.8 Å². The molecule has 0 spiro atoms. The van der Waals surface area contributed by atoms with Crippen LogP contribution in [0.25, 0.3) is 0 Å². The van der Waals surface area contributed by atoms with Gasteiger partial charge in [-0.25, -0.2) is 0 Å². The molecule has 3 N–H and O–H groups in total. The van der Waals surface area contributed by atoms with Gasteiger partial charge in [-0.3, -0.25) is 9.59 Å². The van der Waals surface area contributed by atoms with Crippen LogP contribution < -0.4 is 5.32 Å². The number of hydrogen-bond donors (Lipinski definition) is 3. The molecule has 6 nitrogen and oxygen atoms in total. The lowest BCUT2D eigenvalue weighted by Crippen LogP contribution is -2.46. The maximum absolute atomic E-state index is 13.2. The monoisotopic (exact) mass is 876 g/mol. The third-order valence-corrected chi connectivity index (χ3v) is 11.3. The fraction of sp³-hybridized carbons (Fsp3) is 0.684. The highest BCUT2D eigenvalue weighted by Gasteiger charge is 2.24. The minimum absolute atomic E-state index is 0.0464. The topological polar surface area (TPSA) is 95.9 Å². The number of carbonyl (C=O) groups is 2. The van der Waals surface area contributed by atoms with Gasteiger partial charge in [0.05, 0.1) is 25.2 Å². The molecule has 0 rings (SSSR count). The van der Waals surface area contributed by atoms with Gasteiger partial charge in [0.1, 0.15) is 6.10 Å². The Bertz CT molecular complexity index is 1260. The van der Waals surface area contributed by atoms with Crippen molar-refractivity contribution in [2.24, 2.45) is 0 Å². The van der Waals surface area contributed by atoms with Crippen molar-refractivity contribution in [2.75, 3.05) is 6.61 Å². The highest BCUT2D eigenvalue weighted by atomic mass is 16.5. The van der Waals surface area contributed by atoms with Gasteiger partial charge in [0, 0.05) is 6.42 Å². The number of hydrogen-bond acceptors (Lipinski definition) is 5. The third-order valence-electron chi connectivity index (χ3n) is 11.3. The molecule has 0 aliphatic rings. The van der Waals surface area contributed by atoms with E-state index in [2.05, 4.69) is 99.0 Å². The van der Waals surface area contributed by atoms with Crippen molar-refractivity contribution in [3.05, 3.63) is 97.2 Å². The summed E-state index contributed by atoms with van der Waals surface area (Å²) in [5, 5.41) is 23.8. The average Bonchev–Trinajstić information content (AvgIpc) is 3.28. The van der Waals surface area contributed by atoms with Gasteiger partial charge < -0.3 is 20.3 Å². The van der Waals surface area contributed by atoms with E-state index in [0.29, 0.717) is 19.3 Å². The van der Waals surface area contributed by atoms with Gasteiger partial charge in [0.2, 0.25) is 5.91 Å². The first-order valence-corrected chi connectivity index (χ1v) is 26.0. The Morgan fingerprint density at radius 3 is 1.51 bits per heavy atom. The van der Waals surface area contributed by atoms with Crippen LogP contribution in [0.1, 0.15) is 226 Å². The number of allylic oxidation sites excluding steroid dienone is 16. The second kappa shape index (κ2) is 49.8. The van der Waals surface area contributed by atoms with Gasteiger partial charge in [0.25, 0.3) is 0 Å². The summed E-state index contributed by atoms with van der Waals surface area (Å²) in [6, 6.07) is -0.720.